The van der Waals surface area contributed by atoms with E-state index in [1.807, 2.05) is 72.8 Å². The van der Waals surface area contributed by atoms with Gasteiger partial charge >= 0.3 is 0 Å². The molecule has 0 aliphatic carbocycles. The zero-order valence-corrected chi connectivity index (χ0v) is 15.6. The maximum absolute atomic E-state index is 6.11. The molecule has 0 unspecified atom stereocenters. The van der Waals surface area contributed by atoms with Crippen LogP contribution in [0.4, 0.5) is 5.69 Å². The van der Waals surface area contributed by atoms with Crippen molar-refractivity contribution in [1.82, 2.24) is 0 Å². The van der Waals surface area contributed by atoms with Crippen LogP contribution in [0.3, 0.4) is 0 Å². The number of hydrogen-bond donors (Lipinski definition) is 0. The van der Waals surface area contributed by atoms with Gasteiger partial charge in [-0.3, -0.25) is 0 Å². The minimum atomic E-state index is 0.546. The van der Waals surface area contributed by atoms with Gasteiger partial charge in [-0.15, -0.1) is 0 Å². The smallest absolute Gasteiger partial charge is 0.163 e. The van der Waals surface area contributed by atoms with Crippen LogP contribution in [0.1, 0.15) is 0 Å². The molecular weight excluding hydrogens is 374 g/mol. The van der Waals surface area contributed by atoms with Crippen molar-refractivity contribution in [2.45, 2.75) is 0 Å². The standard InChI is InChI=1S/C23H16ClNO3/c24-16-7-5-15(6-8-16)22-14-19(18-3-1-2-4-20(18)28-22)25-17-9-10-21-23(13-17)27-12-11-26-21/h1-10,13-14H,11-12H2. The zero-order valence-electron chi connectivity index (χ0n) is 14.9. The number of halogens is 1. The summed E-state index contributed by atoms with van der Waals surface area (Å²) in [5, 5.41) is 2.45. The third-order valence-corrected chi connectivity index (χ3v) is 4.81. The fourth-order valence-electron chi connectivity index (χ4n) is 3.21. The van der Waals surface area contributed by atoms with Crippen LogP contribution in [-0.4, -0.2) is 13.2 Å². The van der Waals surface area contributed by atoms with E-state index < -0.39 is 0 Å². The molecular formula is C23H16ClNO3. The number of benzene rings is 3. The van der Waals surface area contributed by atoms with Gasteiger partial charge in [-0.1, -0.05) is 23.7 Å². The van der Waals surface area contributed by atoms with E-state index in [0.29, 0.717) is 18.2 Å². The highest BCUT2D eigenvalue weighted by atomic mass is 35.5. The molecule has 5 rings (SSSR count). The first-order valence-electron chi connectivity index (χ1n) is 8.99. The van der Waals surface area contributed by atoms with Gasteiger partial charge in [-0.25, -0.2) is 4.99 Å². The van der Waals surface area contributed by atoms with Crippen LogP contribution in [0.15, 0.2) is 82.2 Å². The first-order valence-corrected chi connectivity index (χ1v) is 9.37. The Morgan fingerprint density at radius 1 is 0.786 bits per heavy atom. The summed E-state index contributed by atoms with van der Waals surface area (Å²) in [5.74, 6) is 2.20. The second-order valence-corrected chi connectivity index (χ2v) is 6.88. The van der Waals surface area contributed by atoms with E-state index in [1.165, 1.54) is 0 Å². The zero-order chi connectivity index (χ0) is 18.9. The van der Waals surface area contributed by atoms with Crippen LogP contribution in [-0.2, 0) is 0 Å². The van der Waals surface area contributed by atoms with Crippen molar-refractivity contribution in [3.63, 3.8) is 0 Å². The van der Waals surface area contributed by atoms with Gasteiger partial charge in [-0.2, -0.15) is 0 Å². The molecule has 0 amide bonds. The number of rotatable bonds is 2. The van der Waals surface area contributed by atoms with E-state index in [9.17, 15) is 0 Å². The van der Waals surface area contributed by atoms with Crippen molar-refractivity contribution in [2.75, 3.05) is 13.2 Å². The molecule has 3 aromatic carbocycles. The van der Waals surface area contributed by atoms with E-state index >= 15 is 0 Å². The van der Waals surface area contributed by atoms with Gasteiger partial charge in [0.25, 0.3) is 0 Å². The minimum absolute atomic E-state index is 0.546. The van der Waals surface area contributed by atoms with E-state index in [-0.39, 0.29) is 0 Å². The highest BCUT2D eigenvalue weighted by molar-refractivity contribution is 6.30. The molecule has 1 aliphatic heterocycles. The van der Waals surface area contributed by atoms with Gasteiger partial charge in [0.2, 0.25) is 0 Å². The average Bonchev–Trinajstić information content (AvgIpc) is 2.74. The molecule has 1 aromatic heterocycles. The molecule has 0 bridgehead atoms. The largest absolute Gasteiger partial charge is 0.486 e. The number of para-hydroxylation sites is 1. The van der Waals surface area contributed by atoms with Crippen molar-refractivity contribution in [3.05, 3.63) is 83.2 Å². The van der Waals surface area contributed by atoms with Crippen molar-refractivity contribution in [1.29, 1.82) is 0 Å². The van der Waals surface area contributed by atoms with Gasteiger partial charge in [0, 0.05) is 28.1 Å². The normalized spacial score (nSPS) is 13.7. The van der Waals surface area contributed by atoms with E-state index in [2.05, 4.69) is 0 Å². The number of ether oxygens (including phenoxy) is 2. The molecule has 138 valence electrons. The molecule has 0 N–H and O–H groups in total. The fourth-order valence-corrected chi connectivity index (χ4v) is 3.33. The minimum Gasteiger partial charge on any atom is -0.486 e. The fraction of sp³-hybridized carbons (Fsp3) is 0.0870. The average molecular weight is 390 g/mol. The lowest BCUT2D eigenvalue weighted by molar-refractivity contribution is 0.171. The van der Waals surface area contributed by atoms with E-state index in [1.54, 1.807) is 0 Å². The lowest BCUT2D eigenvalue weighted by atomic mass is 10.1. The lowest BCUT2D eigenvalue weighted by Crippen LogP contribution is -2.15. The van der Waals surface area contributed by atoms with Crippen LogP contribution in [0, 0.1) is 0 Å². The van der Waals surface area contributed by atoms with Gasteiger partial charge in [0.15, 0.2) is 11.5 Å². The number of fused-ring (bicyclic) bond motifs is 2. The Bertz CT molecular complexity index is 1230. The summed E-state index contributed by atoms with van der Waals surface area (Å²) in [7, 11) is 0. The SMILES string of the molecule is Clc1ccc(-c2cc(=Nc3ccc4c(c3)OCCO4)c3ccccc3o2)cc1. The molecule has 5 heteroatoms. The number of hydrogen-bond acceptors (Lipinski definition) is 4. The van der Waals surface area contributed by atoms with Crippen LogP contribution >= 0.6 is 11.6 Å². The first kappa shape index (κ1) is 16.9. The first-order chi connectivity index (χ1) is 13.8. The summed E-state index contributed by atoms with van der Waals surface area (Å²) in [5.41, 5.74) is 2.50. The van der Waals surface area contributed by atoms with Gasteiger partial charge in [-0.05, 0) is 48.5 Å². The molecule has 2 heterocycles. The Morgan fingerprint density at radius 2 is 1.57 bits per heavy atom. The summed E-state index contributed by atoms with van der Waals surface area (Å²) < 4.78 is 17.4. The Hall–Kier alpha value is -3.24. The predicted octanol–water partition coefficient (Wildman–Crippen LogP) is 5.76. The molecule has 0 saturated carbocycles. The second kappa shape index (κ2) is 7.06. The van der Waals surface area contributed by atoms with Crippen molar-refractivity contribution >= 4 is 28.3 Å². The van der Waals surface area contributed by atoms with Crippen LogP contribution in [0.2, 0.25) is 5.02 Å². The molecule has 4 aromatic rings. The Kier molecular flexibility index (Phi) is 4.26. The van der Waals surface area contributed by atoms with Crippen molar-refractivity contribution < 1.29 is 13.9 Å². The molecule has 0 spiro atoms. The number of nitrogens with zero attached hydrogens (tertiary/aromatic N) is 1. The second-order valence-electron chi connectivity index (χ2n) is 6.44. The van der Waals surface area contributed by atoms with Crippen LogP contribution < -0.4 is 14.8 Å². The molecule has 0 radical (unpaired) electrons. The van der Waals surface area contributed by atoms with Gasteiger partial charge < -0.3 is 13.9 Å². The third kappa shape index (κ3) is 3.23. The Labute approximate surface area is 166 Å². The highest BCUT2D eigenvalue weighted by Crippen LogP contribution is 2.33. The molecule has 0 saturated heterocycles. The van der Waals surface area contributed by atoms with Gasteiger partial charge in [0.1, 0.15) is 24.6 Å². The summed E-state index contributed by atoms with van der Waals surface area (Å²) in [6.45, 7) is 1.11. The molecule has 0 atom stereocenters. The predicted molar refractivity (Wildman–Crippen MR) is 109 cm³/mol. The molecule has 1 aliphatic rings. The van der Waals surface area contributed by atoms with Crippen LogP contribution in [0.5, 0.6) is 11.5 Å². The highest BCUT2D eigenvalue weighted by Gasteiger charge is 2.12. The molecule has 0 fully saturated rings. The molecule has 28 heavy (non-hydrogen) atoms. The van der Waals surface area contributed by atoms with Crippen molar-refractivity contribution in [3.8, 4) is 22.8 Å². The van der Waals surface area contributed by atoms with E-state index in [0.717, 1.165) is 44.8 Å². The third-order valence-electron chi connectivity index (χ3n) is 4.55. The summed E-state index contributed by atoms with van der Waals surface area (Å²) in [6.07, 6.45) is 0. The Morgan fingerprint density at radius 3 is 2.43 bits per heavy atom. The van der Waals surface area contributed by atoms with Crippen LogP contribution in [0.25, 0.3) is 22.3 Å². The topological polar surface area (TPSA) is 44.0 Å². The van der Waals surface area contributed by atoms with Crippen molar-refractivity contribution in [2.24, 2.45) is 4.99 Å². The van der Waals surface area contributed by atoms with E-state index in [4.69, 9.17) is 30.5 Å². The molecule has 4 nitrogen and oxygen atoms in total. The monoisotopic (exact) mass is 389 g/mol. The Balaban J connectivity index is 1.69. The summed E-state index contributed by atoms with van der Waals surface area (Å²) in [6, 6.07) is 23.1. The maximum atomic E-state index is 6.11. The summed E-state index contributed by atoms with van der Waals surface area (Å²) >= 11 is 6.02. The maximum Gasteiger partial charge on any atom is 0.163 e. The summed E-state index contributed by atoms with van der Waals surface area (Å²) in [4.78, 5) is 4.86. The lowest BCUT2D eigenvalue weighted by Gasteiger charge is -2.18. The van der Waals surface area contributed by atoms with Gasteiger partial charge in [0.05, 0.1) is 11.0 Å². The quantitative estimate of drug-likeness (QED) is 0.438.